The van der Waals surface area contributed by atoms with Gasteiger partial charge in [0.1, 0.15) is 0 Å². The monoisotopic (exact) mass is 362 g/mol. The van der Waals surface area contributed by atoms with Crippen LogP contribution in [0.1, 0.15) is 69.9 Å². The lowest BCUT2D eigenvalue weighted by atomic mass is 9.86. The van der Waals surface area contributed by atoms with Gasteiger partial charge in [-0.3, -0.25) is 4.90 Å². The number of ether oxygens (including phenoxy) is 2. The molecule has 0 bridgehead atoms. The summed E-state index contributed by atoms with van der Waals surface area (Å²) in [5.74, 6) is 1.75. The zero-order valence-corrected chi connectivity index (χ0v) is 17.2. The summed E-state index contributed by atoms with van der Waals surface area (Å²) in [6.45, 7) is 5.59. The molecule has 0 heterocycles. The van der Waals surface area contributed by atoms with E-state index in [4.69, 9.17) is 15.2 Å². The number of fused-ring (bicyclic) bond motifs is 1. The normalized spacial score (nSPS) is 17.8. The summed E-state index contributed by atoms with van der Waals surface area (Å²) in [4.78, 5) is 2.56. The van der Waals surface area contributed by atoms with Crippen molar-refractivity contribution in [2.24, 2.45) is 5.73 Å². The van der Waals surface area contributed by atoms with Crippen LogP contribution < -0.4 is 15.2 Å². The largest absolute Gasteiger partial charge is 0.493 e. The van der Waals surface area contributed by atoms with E-state index >= 15 is 0 Å². The minimum absolute atomic E-state index is 0.179. The number of hydrogen-bond acceptors (Lipinski definition) is 4. The van der Waals surface area contributed by atoms with Crippen molar-refractivity contribution < 1.29 is 9.47 Å². The van der Waals surface area contributed by atoms with Crippen molar-refractivity contribution in [3.8, 4) is 11.5 Å². The van der Waals surface area contributed by atoms with E-state index in [2.05, 4.69) is 24.8 Å². The maximum Gasteiger partial charge on any atom is 0.164 e. The van der Waals surface area contributed by atoms with E-state index in [1.165, 1.54) is 36.8 Å². The molecule has 0 aliphatic heterocycles. The fraction of sp³-hybridized carbons (Fsp3) is 0.727. The van der Waals surface area contributed by atoms with Crippen molar-refractivity contribution in [1.82, 2.24) is 4.90 Å². The molecule has 1 aromatic carbocycles. The molecule has 2 rings (SSSR count). The van der Waals surface area contributed by atoms with Gasteiger partial charge < -0.3 is 15.2 Å². The van der Waals surface area contributed by atoms with Gasteiger partial charge in [0.25, 0.3) is 0 Å². The SMILES string of the molecule is CCCCCCC(N)N(CCC)C1CCc2c(ccc(OC)c2OC)C1. The minimum atomic E-state index is 0.179. The van der Waals surface area contributed by atoms with Gasteiger partial charge in [0.05, 0.1) is 20.4 Å². The summed E-state index contributed by atoms with van der Waals surface area (Å²) >= 11 is 0. The average molecular weight is 363 g/mol. The number of benzene rings is 1. The van der Waals surface area contributed by atoms with Crippen molar-refractivity contribution in [1.29, 1.82) is 0 Å². The van der Waals surface area contributed by atoms with Crippen LogP contribution in [-0.2, 0) is 12.8 Å². The van der Waals surface area contributed by atoms with E-state index < -0.39 is 0 Å². The molecule has 2 N–H and O–H groups in total. The van der Waals surface area contributed by atoms with Crippen LogP contribution in [0.5, 0.6) is 11.5 Å². The first-order valence-corrected chi connectivity index (χ1v) is 10.4. The van der Waals surface area contributed by atoms with Crippen LogP contribution in [0.25, 0.3) is 0 Å². The highest BCUT2D eigenvalue weighted by Crippen LogP contribution is 2.38. The molecule has 0 radical (unpaired) electrons. The molecule has 1 aliphatic rings. The minimum Gasteiger partial charge on any atom is -0.493 e. The van der Waals surface area contributed by atoms with Crippen LogP contribution in [0, 0.1) is 0 Å². The van der Waals surface area contributed by atoms with E-state index in [0.29, 0.717) is 6.04 Å². The number of nitrogens with zero attached hydrogens (tertiary/aromatic N) is 1. The van der Waals surface area contributed by atoms with Crippen molar-refractivity contribution in [3.63, 3.8) is 0 Å². The van der Waals surface area contributed by atoms with Gasteiger partial charge in [0.15, 0.2) is 11.5 Å². The predicted octanol–water partition coefficient (Wildman–Crippen LogP) is 4.53. The predicted molar refractivity (Wildman–Crippen MR) is 109 cm³/mol. The molecule has 0 amide bonds. The molecule has 0 fully saturated rings. The second-order valence-corrected chi connectivity index (χ2v) is 7.49. The van der Waals surface area contributed by atoms with E-state index in [1.807, 2.05) is 6.07 Å². The van der Waals surface area contributed by atoms with Gasteiger partial charge in [-0.05, 0) is 50.3 Å². The maximum atomic E-state index is 6.62. The van der Waals surface area contributed by atoms with Crippen LogP contribution in [-0.4, -0.2) is 37.9 Å². The number of methoxy groups -OCH3 is 2. The summed E-state index contributed by atoms with van der Waals surface area (Å²) in [6.07, 6.45) is 10.8. The molecular formula is C22H38N2O2. The van der Waals surface area contributed by atoms with Gasteiger partial charge in [0, 0.05) is 11.6 Å². The van der Waals surface area contributed by atoms with Gasteiger partial charge in [-0.15, -0.1) is 0 Å². The lowest BCUT2D eigenvalue weighted by molar-refractivity contribution is 0.115. The smallest absolute Gasteiger partial charge is 0.164 e. The zero-order chi connectivity index (χ0) is 18.9. The second-order valence-electron chi connectivity index (χ2n) is 7.49. The molecule has 4 nitrogen and oxygen atoms in total. The van der Waals surface area contributed by atoms with Crippen LogP contribution in [0.2, 0.25) is 0 Å². The molecule has 0 aromatic heterocycles. The molecule has 148 valence electrons. The Labute approximate surface area is 160 Å². The molecule has 1 aliphatic carbocycles. The van der Waals surface area contributed by atoms with Gasteiger partial charge in [-0.1, -0.05) is 45.6 Å². The van der Waals surface area contributed by atoms with E-state index in [-0.39, 0.29) is 6.17 Å². The number of rotatable bonds is 11. The first-order chi connectivity index (χ1) is 12.7. The lowest BCUT2D eigenvalue weighted by Gasteiger charge is -2.39. The molecule has 1 aromatic rings. The Morgan fingerprint density at radius 2 is 1.92 bits per heavy atom. The molecule has 26 heavy (non-hydrogen) atoms. The van der Waals surface area contributed by atoms with Crippen molar-refractivity contribution >= 4 is 0 Å². The summed E-state index contributed by atoms with van der Waals surface area (Å²) in [5, 5.41) is 0. The fourth-order valence-corrected chi connectivity index (χ4v) is 4.27. The van der Waals surface area contributed by atoms with Gasteiger partial charge >= 0.3 is 0 Å². The fourth-order valence-electron chi connectivity index (χ4n) is 4.27. The maximum absolute atomic E-state index is 6.62. The highest BCUT2D eigenvalue weighted by molar-refractivity contribution is 5.52. The molecule has 0 saturated heterocycles. The molecular weight excluding hydrogens is 324 g/mol. The molecule has 2 atom stereocenters. The van der Waals surface area contributed by atoms with Gasteiger partial charge in [0.2, 0.25) is 0 Å². The Morgan fingerprint density at radius 3 is 2.58 bits per heavy atom. The highest BCUT2D eigenvalue weighted by atomic mass is 16.5. The molecule has 0 saturated carbocycles. The van der Waals surface area contributed by atoms with E-state index in [9.17, 15) is 0 Å². The van der Waals surface area contributed by atoms with E-state index in [0.717, 1.165) is 50.1 Å². The van der Waals surface area contributed by atoms with Crippen molar-refractivity contribution in [2.75, 3.05) is 20.8 Å². The van der Waals surface area contributed by atoms with Crippen molar-refractivity contribution in [3.05, 3.63) is 23.3 Å². The zero-order valence-electron chi connectivity index (χ0n) is 17.2. The van der Waals surface area contributed by atoms with Crippen LogP contribution in [0.3, 0.4) is 0 Å². The van der Waals surface area contributed by atoms with Gasteiger partial charge in [-0.2, -0.15) is 0 Å². The summed E-state index contributed by atoms with van der Waals surface area (Å²) in [6, 6.07) is 4.77. The van der Waals surface area contributed by atoms with Crippen LogP contribution in [0.4, 0.5) is 0 Å². The Bertz CT molecular complexity index is 547. The van der Waals surface area contributed by atoms with Crippen LogP contribution >= 0.6 is 0 Å². The quantitative estimate of drug-likeness (QED) is 0.464. The third-order valence-corrected chi connectivity index (χ3v) is 5.66. The first kappa shape index (κ1) is 21.0. The summed E-state index contributed by atoms with van der Waals surface area (Å²) in [5.41, 5.74) is 9.32. The Balaban J connectivity index is 2.08. The first-order valence-electron chi connectivity index (χ1n) is 10.4. The standard InChI is InChI=1S/C22H38N2O2/c1-5-7-8-9-10-21(23)24(15-6-2)18-12-13-19-17(16-18)11-14-20(25-3)22(19)26-4/h11,14,18,21H,5-10,12-13,15-16,23H2,1-4H3. The third kappa shape index (κ3) is 5.14. The number of unbranched alkanes of at least 4 members (excludes halogenated alkanes) is 3. The summed E-state index contributed by atoms with van der Waals surface area (Å²) < 4.78 is 11.1. The lowest BCUT2D eigenvalue weighted by Crippen LogP contribution is -2.50. The second kappa shape index (κ2) is 10.8. The Morgan fingerprint density at radius 1 is 1.12 bits per heavy atom. The average Bonchev–Trinajstić information content (AvgIpc) is 2.67. The topological polar surface area (TPSA) is 47.7 Å². The molecule has 2 unspecified atom stereocenters. The summed E-state index contributed by atoms with van der Waals surface area (Å²) in [7, 11) is 3.44. The Hall–Kier alpha value is -1.26. The van der Waals surface area contributed by atoms with E-state index in [1.54, 1.807) is 14.2 Å². The number of hydrogen-bond donors (Lipinski definition) is 1. The highest BCUT2D eigenvalue weighted by Gasteiger charge is 2.29. The van der Waals surface area contributed by atoms with Crippen molar-refractivity contribution in [2.45, 2.75) is 83.8 Å². The molecule has 0 spiro atoms. The Kier molecular flexibility index (Phi) is 8.73. The van der Waals surface area contributed by atoms with Gasteiger partial charge in [-0.25, -0.2) is 0 Å². The van der Waals surface area contributed by atoms with Crippen LogP contribution in [0.15, 0.2) is 12.1 Å². The molecule has 4 heteroatoms. The third-order valence-electron chi connectivity index (χ3n) is 5.66. The number of nitrogens with two attached hydrogens (primary N) is 1.